The number of carbonyl (C=O) groups is 1. The van der Waals surface area contributed by atoms with Gasteiger partial charge in [-0.15, -0.1) is 0 Å². The van der Waals surface area contributed by atoms with Crippen LogP contribution in [0, 0.1) is 0 Å². The third kappa shape index (κ3) is 3.88. The number of amides is 1. The molecule has 0 bridgehead atoms. The van der Waals surface area contributed by atoms with Gasteiger partial charge in [0.25, 0.3) is 5.91 Å². The zero-order chi connectivity index (χ0) is 22.1. The van der Waals surface area contributed by atoms with Gasteiger partial charge < -0.3 is 24.0 Å². The van der Waals surface area contributed by atoms with Gasteiger partial charge in [-0.2, -0.15) is 4.98 Å². The molecule has 8 heteroatoms. The Labute approximate surface area is 188 Å². The van der Waals surface area contributed by atoms with Crippen molar-refractivity contribution in [2.24, 2.45) is 0 Å². The van der Waals surface area contributed by atoms with Crippen molar-refractivity contribution in [2.75, 3.05) is 61.5 Å². The van der Waals surface area contributed by atoms with Gasteiger partial charge in [-0.05, 0) is 24.3 Å². The van der Waals surface area contributed by atoms with Crippen LogP contribution in [0.4, 0.5) is 17.5 Å². The van der Waals surface area contributed by atoms with Gasteiger partial charge in [0.2, 0.25) is 5.95 Å². The number of fused-ring (bicyclic) bond motifs is 1. The highest BCUT2D eigenvalue weighted by Crippen LogP contribution is 2.29. The van der Waals surface area contributed by atoms with Crippen molar-refractivity contribution < 1.29 is 9.21 Å². The van der Waals surface area contributed by atoms with E-state index in [0.29, 0.717) is 25.3 Å². The number of carbonyl (C=O) groups excluding carboxylic acids is 1. The fourth-order valence-electron chi connectivity index (χ4n) is 4.43. The summed E-state index contributed by atoms with van der Waals surface area (Å²) in [6.45, 7) is 4.75. The molecule has 5 rings (SSSR count). The van der Waals surface area contributed by atoms with Gasteiger partial charge >= 0.3 is 0 Å². The molecule has 0 saturated carbocycles. The first-order chi connectivity index (χ1) is 15.6. The third-order valence-electron chi connectivity index (χ3n) is 6.15. The van der Waals surface area contributed by atoms with Crippen LogP contribution in [0.2, 0.25) is 0 Å². The largest absolute Gasteiger partial charge is 0.459 e. The lowest BCUT2D eigenvalue weighted by atomic mass is 10.1. The molecule has 0 spiro atoms. The number of benzene rings is 1. The molecular weight excluding hydrogens is 404 g/mol. The number of nitrogens with zero attached hydrogens (tertiary/aromatic N) is 6. The molecule has 2 aromatic heterocycles. The zero-order valence-electron chi connectivity index (χ0n) is 18.6. The summed E-state index contributed by atoms with van der Waals surface area (Å²) in [5.41, 5.74) is 3.31. The predicted molar refractivity (Wildman–Crippen MR) is 124 cm³/mol. The summed E-state index contributed by atoms with van der Waals surface area (Å²) in [5.74, 6) is 1.94. The minimum absolute atomic E-state index is 0.0912. The number of rotatable bonds is 4. The summed E-state index contributed by atoms with van der Waals surface area (Å²) in [7, 11) is 3.99. The van der Waals surface area contributed by atoms with E-state index in [9.17, 15) is 4.79 Å². The molecule has 1 amide bonds. The van der Waals surface area contributed by atoms with Crippen LogP contribution in [-0.2, 0) is 13.0 Å². The number of anilines is 3. The first kappa shape index (κ1) is 20.4. The molecular formula is C24H28N6O2. The molecule has 2 aliphatic rings. The molecule has 8 nitrogen and oxygen atoms in total. The standard InChI is InChI=1S/C24H28N6O2/c1-27(2)22-19-17-30(23(31)21-9-6-16-32-21)11-10-20(19)25-24(26-22)29-14-12-28(13-15-29)18-7-4-3-5-8-18/h3-9,16H,10-15,17H2,1-2H3. The van der Waals surface area contributed by atoms with Crippen LogP contribution >= 0.6 is 0 Å². The number of para-hydroxylation sites is 1. The lowest BCUT2D eigenvalue weighted by molar-refractivity contribution is 0.0701. The Hall–Kier alpha value is -3.55. The molecule has 1 saturated heterocycles. The Kier molecular flexibility index (Phi) is 5.43. The van der Waals surface area contributed by atoms with Crippen molar-refractivity contribution in [1.29, 1.82) is 0 Å². The number of hydrogen-bond donors (Lipinski definition) is 0. The number of piperazine rings is 1. The number of furan rings is 1. The highest BCUT2D eigenvalue weighted by molar-refractivity contribution is 5.91. The van der Waals surface area contributed by atoms with E-state index < -0.39 is 0 Å². The van der Waals surface area contributed by atoms with E-state index in [-0.39, 0.29) is 5.91 Å². The van der Waals surface area contributed by atoms with Gasteiger partial charge in [-0.25, -0.2) is 4.98 Å². The minimum Gasteiger partial charge on any atom is -0.459 e. The monoisotopic (exact) mass is 432 g/mol. The average molecular weight is 433 g/mol. The highest BCUT2D eigenvalue weighted by atomic mass is 16.3. The van der Waals surface area contributed by atoms with E-state index in [4.69, 9.17) is 14.4 Å². The van der Waals surface area contributed by atoms with E-state index >= 15 is 0 Å². The van der Waals surface area contributed by atoms with Gasteiger partial charge in [0.15, 0.2) is 5.76 Å². The summed E-state index contributed by atoms with van der Waals surface area (Å²) < 4.78 is 5.31. The summed E-state index contributed by atoms with van der Waals surface area (Å²) in [6.07, 6.45) is 2.24. The van der Waals surface area contributed by atoms with Gasteiger partial charge in [-0.1, -0.05) is 18.2 Å². The fourth-order valence-corrected chi connectivity index (χ4v) is 4.43. The van der Waals surface area contributed by atoms with Crippen LogP contribution < -0.4 is 14.7 Å². The molecule has 3 aromatic rings. The van der Waals surface area contributed by atoms with Crippen LogP contribution in [0.5, 0.6) is 0 Å². The SMILES string of the molecule is CN(C)c1nc(N2CCN(c3ccccc3)CC2)nc2c1CN(C(=O)c1ccco1)CC2. The van der Waals surface area contributed by atoms with Crippen LogP contribution in [-0.4, -0.2) is 67.6 Å². The molecule has 1 aromatic carbocycles. The minimum atomic E-state index is -0.0912. The Bertz CT molecular complexity index is 1080. The summed E-state index contributed by atoms with van der Waals surface area (Å²) in [5, 5.41) is 0. The second-order valence-corrected chi connectivity index (χ2v) is 8.43. The van der Waals surface area contributed by atoms with Crippen molar-refractivity contribution in [3.05, 3.63) is 65.7 Å². The lowest BCUT2D eigenvalue weighted by Gasteiger charge is -2.37. The van der Waals surface area contributed by atoms with Crippen molar-refractivity contribution in [3.8, 4) is 0 Å². The van der Waals surface area contributed by atoms with Gasteiger partial charge in [-0.3, -0.25) is 4.79 Å². The third-order valence-corrected chi connectivity index (χ3v) is 6.15. The molecule has 2 aliphatic heterocycles. The fraction of sp³-hybridized carbons (Fsp3) is 0.375. The molecule has 0 unspecified atom stereocenters. The molecule has 0 atom stereocenters. The molecule has 0 radical (unpaired) electrons. The Morgan fingerprint density at radius 1 is 0.938 bits per heavy atom. The second-order valence-electron chi connectivity index (χ2n) is 8.43. The molecule has 4 heterocycles. The van der Waals surface area contributed by atoms with Crippen molar-refractivity contribution in [1.82, 2.24) is 14.9 Å². The summed E-state index contributed by atoms with van der Waals surface area (Å²) in [4.78, 5) is 31.2. The van der Waals surface area contributed by atoms with E-state index in [1.165, 1.54) is 12.0 Å². The normalized spacial score (nSPS) is 16.1. The van der Waals surface area contributed by atoms with Crippen LogP contribution in [0.3, 0.4) is 0 Å². The lowest BCUT2D eigenvalue weighted by Crippen LogP contribution is -2.47. The second kappa shape index (κ2) is 8.53. The Balaban J connectivity index is 1.35. The maximum Gasteiger partial charge on any atom is 0.289 e. The molecule has 0 aliphatic carbocycles. The summed E-state index contributed by atoms with van der Waals surface area (Å²) in [6, 6.07) is 14.0. The van der Waals surface area contributed by atoms with Crippen LogP contribution in [0.15, 0.2) is 53.1 Å². The highest BCUT2D eigenvalue weighted by Gasteiger charge is 2.29. The maximum absolute atomic E-state index is 12.8. The summed E-state index contributed by atoms with van der Waals surface area (Å²) >= 11 is 0. The van der Waals surface area contributed by atoms with Crippen molar-refractivity contribution in [3.63, 3.8) is 0 Å². The van der Waals surface area contributed by atoms with E-state index in [2.05, 4.69) is 34.1 Å². The van der Waals surface area contributed by atoms with E-state index in [0.717, 1.165) is 49.2 Å². The van der Waals surface area contributed by atoms with Crippen molar-refractivity contribution >= 4 is 23.4 Å². The predicted octanol–water partition coefficient (Wildman–Crippen LogP) is 2.66. The van der Waals surface area contributed by atoms with Gasteiger partial charge in [0.05, 0.1) is 18.5 Å². The number of aromatic nitrogens is 2. The quantitative estimate of drug-likeness (QED) is 0.628. The Morgan fingerprint density at radius 2 is 1.69 bits per heavy atom. The van der Waals surface area contributed by atoms with E-state index in [1.54, 1.807) is 12.1 Å². The molecule has 0 N–H and O–H groups in total. The van der Waals surface area contributed by atoms with Crippen LogP contribution in [0.25, 0.3) is 0 Å². The molecule has 166 valence electrons. The van der Waals surface area contributed by atoms with Gasteiger partial charge in [0, 0.05) is 64.5 Å². The van der Waals surface area contributed by atoms with Gasteiger partial charge in [0.1, 0.15) is 5.82 Å². The molecule has 1 fully saturated rings. The smallest absolute Gasteiger partial charge is 0.289 e. The number of hydrogen-bond acceptors (Lipinski definition) is 7. The van der Waals surface area contributed by atoms with Crippen molar-refractivity contribution in [2.45, 2.75) is 13.0 Å². The topological polar surface area (TPSA) is 69.0 Å². The van der Waals surface area contributed by atoms with Crippen LogP contribution in [0.1, 0.15) is 21.8 Å². The maximum atomic E-state index is 12.8. The zero-order valence-corrected chi connectivity index (χ0v) is 18.6. The first-order valence-electron chi connectivity index (χ1n) is 11.0. The molecule has 32 heavy (non-hydrogen) atoms. The first-order valence-corrected chi connectivity index (χ1v) is 11.0. The Morgan fingerprint density at radius 3 is 2.38 bits per heavy atom. The van der Waals surface area contributed by atoms with E-state index in [1.807, 2.05) is 30.0 Å². The average Bonchev–Trinajstić information content (AvgIpc) is 3.38.